The molecule has 3 aromatic rings. The van der Waals surface area contributed by atoms with E-state index in [0.29, 0.717) is 9.17 Å². The summed E-state index contributed by atoms with van der Waals surface area (Å²) >= 11 is 1.59. The fourth-order valence-electron chi connectivity index (χ4n) is 6.13. The number of hydrogen-bond donors (Lipinski definition) is 0. The Bertz CT molecular complexity index is 1270. The van der Waals surface area contributed by atoms with Crippen LogP contribution in [0.25, 0.3) is 22.4 Å². The SMILES string of the molecule is CC1=C2c3ccoc3C1[Si]2(C)C.CCCCc1ccc(-c2cccc3c2C=C(C)[CH]3[Zr+2])cc1.[Cl-].[Cl-]. The van der Waals surface area contributed by atoms with Crippen molar-refractivity contribution < 1.29 is 54.0 Å². The first-order chi connectivity index (χ1) is 15.8. The summed E-state index contributed by atoms with van der Waals surface area (Å²) in [6.07, 6.45) is 7.95. The zero-order valence-electron chi connectivity index (χ0n) is 21.2. The zero-order chi connectivity index (χ0) is 23.3. The van der Waals surface area contributed by atoms with Crippen molar-refractivity contribution in [2.24, 2.45) is 0 Å². The molecule has 5 heteroatoms. The summed E-state index contributed by atoms with van der Waals surface area (Å²) in [5.41, 5.74) is 12.4. The van der Waals surface area contributed by atoms with Crippen LogP contribution < -0.4 is 24.8 Å². The molecule has 4 aliphatic rings. The molecule has 0 N–H and O–H groups in total. The average molecular weight is 600 g/mol. The second-order valence-corrected chi connectivity index (χ2v) is 16.3. The Kier molecular flexibility index (Phi) is 9.02. The van der Waals surface area contributed by atoms with E-state index in [2.05, 4.69) is 88.5 Å². The number of halogens is 2. The monoisotopic (exact) mass is 597 g/mol. The van der Waals surface area contributed by atoms with E-state index in [-0.39, 0.29) is 24.8 Å². The van der Waals surface area contributed by atoms with Gasteiger partial charge in [0, 0.05) is 11.1 Å². The van der Waals surface area contributed by atoms with Crippen molar-refractivity contribution in [3.05, 3.63) is 94.0 Å². The summed E-state index contributed by atoms with van der Waals surface area (Å²) in [5, 5.41) is 1.66. The maximum absolute atomic E-state index is 5.53. The van der Waals surface area contributed by atoms with Gasteiger partial charge in [0.05, 0.1) is 14.3 Å². The normalized spacial score (nSPS) is 19.9. The molecule has 0 radical (unpaired) electrons. The van der Waals surface area contributed by atoms with Gasteiger partial charge in [0.1, 0.15) is 5.76 Å². The largest absolute Gasteiger partial charge is 1.00 e. The molecule has 1 aromatic heterocycles. The van der Waals surface area contributed by atoms with Crippen molar-refractivity contribution >= 4 is 19.3 Å². The maximum atomic E-state index is 5.53. The van der Waals surface area contributed by atoms with Gasteiger partial charge in [-0.1, -0.05) is 18.7 Å². The molecule has 35 heavy (non-hydrogen) atoms. The van der Waals surface area contributed by atoms with Crippen LogP contribution in [0.1, 0.15) is 70.8 Å². The second kappa shape index (κ2) is 11.1. The van der Waals surface area contributed by atoms with Crippen molar-refractivity contribution in [3.63, 3.8) is 0 Å². The Morgan fingerprint density at radius 1 is 0.943 bits per heavy atom. The van der Waals surface area contributed by atoms with Gasteiger partial charge in [-0.05, 0) is 18.2 Å². The van der Waals surface area contributed by atoms with Gasteiger partial charge in [0.25, 0.3) is 0 Å². The first-order valence-corrected chi connectivity index (χ1v) is 16.7. The number of furan rings is 1. The summed E-state index contributed by atoms with van der Waals surface area (Å²) in [7, 11) is -1.08. The fourth-order valence-corrected chi connectivity index (χ4v) is 11.2. The minimum Gasteiger partial charge on any atom is -1.00 e. The molecule has 1 nitrogen and oxygen atoms in total. The summed E-state index contributed by atoms with van der Waals surface area (Å²) in [4.78, 5) is 0. The van der Waals surface area contributed by atoms with E-state index >= 15 is 0 Å². The molecule has 0 saturated carbocycles. The first kappa shape index (κ1) is 28.5. The molecule has 3 heterocycles. The average Bonchev–Trinajstić information content (AvgIpc) is 3.50. The minimum atomic E-state index is -1.08. The fraction of sp³-hybridized carbons (Fsp3) is 0.333. The van der Waals surface area contributed by atoms with Crippen molar-refractivity contribution in [1.29, 1.82) is 0 Å². The number of benzene rings is 2. The molecule has 2 bridgehead atoms. The van der Waals surface area contributed by atoms with Gasteiger partial charge in [-0.25, -0.2) is 0 Å². The van der Waals surface area contributed by atoms with Gasteiger partial charge in [0.2, 0.25) is 0 Å². The number of allylic oxidation sites excluding steroid dienone is 2. The Morgan fingerprint density at radius 3 is 2.29 bits per heavy atom. The molecule has 2 aromatic carbocycles. The van der Waals surface area contributed by atoms with Crippen LogP contribution >= 0.6 is 0 Å². The third kappa shape index (κ3) is 4.79. The van der Waals surface area contributed by atoms with Crippen LogP contribution in [0.2, 0.25) is 13.1 Å². The van der Waals surface area contributed by atoms with E-state index < -0.39 is 8.07 Å². The van der Waals surface area contributed by atoms with Crippen LogP contribution in [-0.4, -0.2) is 8.07 Å². The predicted molar refractivity (Wildman–Crippen MR) is 138 cm³/mol. The van der Waals surface area contributed by atoms with E-state index in [1.165, 1.54) is 64.0 Å². The molecule has 7 rings (SSSR count). The number of hydrogen-bond acceptors (Lipinski definition) is 1. The van der Waals surface area contributed by atoms with Crippen molar-refractivity contribution in [2.75, 3.05) is 0 Å². The van der Waals surface area contributed by atoms with Gasteiger partial charge in [-0.3, -0.25) is 0 Å². The molecule has 0 amide bonds. The van der Waals surface area contributed by atoms with Crippen LogP contribution in [0.4, 0.5) is 0 Å². The number of fused-ring (bicyclic) bond motifs is 1. The molecule has 2 aliphatic carbocycles. The minimum absolute atomic E-state index is 0. The Morgan fingerprint density at radius 2 is 1.66 bits per heavy atom. The predicted octanol–water partition coefficient (Wildman–Crippen LogP) is 2.66. The van der Waals surface area contributed by atoms with Crippen LogP contribution in [0.3, 0.4) is 0 Å². The third-order valence-corrected chi connectivity index (χ3v) is 13.8. The molecule has 2 aliphatic heterocycles. The summed E-state index contributed by atoms with van der Waals surface area (Å²) in [5.74, 6) is 1.26. The van der Waals surface area contributed by atoms with Crippen LogP contribution in [0.5, 0.6) is 0 Å². The van der Waals surface area contributed by atoms with Gasteiger partial charge >= 0.3 is 143 Å². The van der Waals surface area contributed by atoms with E-state index in [1.807, 2.05) is 6.26 Å². The number of rotatable bonds is 4. The van der Waals surface area contributed by atoms with Gasteiger partial charge in [0.15, 0.2) is 0 Å². The van der Waals surface area contributed by atoms with Crippen LogP contribution in [0, 0.1) is 0 Å². The smallest absolute Gasteiger partial charge is 1.00 e. The third-order valence-electron chi connectivity index (χ3n) is 7.78. The van der Waals surface area contributed by atoms with E-state index in [4.69, 9.17) is 4.42 Å². The van der Waals surface area contributed by atoms with Crippen LogP contribution in [0.15, 0.2) is 70.4 Å². The van der Waals surface area contributed by atoms with Gasteiger partial charge < -0.3 is 29.2 Å². The molecule has 0 fully saturated rings. The quantitative estimate of drug-likeness (QED) is 0.421. The first-order valence-electron chi connectivity index (χ1n) is 12.2. The maximum Gasteiger partial charge on any atom is -1.00 e. The second-order valence-electron chi connectivity index (χ2n) is 10.3. The Hall–Kier alpha value is -1.12. The van der Waals surface area contributed by atoms with E-state index in [1.54, 1.807) is 35.5 Å². The Balaban J connectivity index is 0.000000208. The molecule has 0 saturated heterocycles. The topological polar surface area (TPSA) is 13.1 Å². The molecule has 2 atom stereocenters. The van der Waals surface area contributed by atoms with Crippen molar-refractivity contribution in [1.82, 2.24) is 0 Å². The summed E-state index contributed by atoms with van der Waals surface area (Å²) in [6.45, 7) is 11.6. The molecular formula is C30H33Cl2OSiZr. The van der Waals surface area contributed by atoms with E-state index in [0.717, 1.165) is 0 Å². The molecular weight excluding hydrogens is 567 g/mol. The number of aryl methyl sites for hydroxylation is 1. The van der Waals surface area contributed by atoms with Gasteiger partial charge in [-0.15, -0.1) is 0 Å². The van der Waals surface area contributed by atoms with E-state index in [9.17, 15) is 0 Å². The Labute approximate surface area is 239 Å². The summed E-state index contributed by atoms with van der Waals surface area (Å²) < 4.78 is 6.18. The molecule has 2 unspecified atom stereocenters. The standard InChI is InChI=1S/C20H21.C10H12OSi.2ClH.Zr/c1-3-4-6-16-9-11-17(12-10-16)19-8-5-7-18-13-15(2)14-20(18)19;1-6-9-7-4-5-11-8(7)10(6)12(9,2)3;;;/h5,7-14H,3-4,6H2,1-2H3;4-5,10H,1-3H3;2*1H;/q;;;;+2/p-2. The van der Waals surface area contributed by atoms with Crippen LogP contribution in [-0.2, 0) is 31.1 Å². The molecule has 181 valence electrons. The van der Waals surface area contributed by atoms with Gasteiger partial charge in [-0.2, -0.15) is 0 Å². The molecule has 0 spiro atoms. The summed E-state index contributed by atoms with van der Waals surface area (Å²) in [6, 6.07) is 18.1. The van der Waals surface area contributed by atoms with Crippen molar-refractivity contribution in [2.45, 2.75) is 62.3 Å². The van der Waals surface area contributed by atoms with Crippen molar-refractivity contribution in [3.8, 4) is 11.1 Å². The zero-order valence-corrected chi connectivity index (χ0v) is 26.2. The number of unbranched alkanes of at least 4 members (excludes halogenated alkanes) is 1.